The maximum atomic E-state index is 13.5. The van der Waals surface area contributed by atoms with Crippen molar-refractivity contribution < 1.29 is 9.47 Å². The molecule has 0 radical (unpaired) electrons. The number of piperazine rings is 1. The number of rotatable bonds is 10. The Morgan fingerprint density at radius 3 is 2.63 bits per heavy atom. The van der Waals surface area contributed by atoms with Gasteiger partial charge in [-0.2, -0.15) is 0 Å². The van der Waals surface area contributed by atoms with Gasteiger partial charge < -0.3 is 14.5 Å². The monoisotopic (exact) mass is 517 g/mol. The van der Waals surface area contributed by atoms with Gasteiger partial charge >= 0.3 is 0 Å². The molecule has 38 heavy (non-hydrogen) atoms. The predicted molar refractivity (Wildman–Crippen MR) is 145 cm³/mol. The number of ether oxygens (including phenoxy) is 2. The molecule has 10 nitrogen and oxygen atoms in total. The van der Waals surface area contributed by atoms with Gasteiger partial charge in [0.05, 0.1) is 20.3 Å². The molecule has 10 heteroatoms. The molecule has 1 fully saturated rings. The normalized spacial score (nSPS) is 15.7. The van der Waals surface area contributed by atoms with Gasteiger partial charge in [0.25, 0.3) is 5.56 Å². The van der Waals surface area contributed by atoms with E-state index in [2.05, 4.69) is 61.5 Å². The zero-order chi connectivity index (χ0) is 26.5. The van der Waals surface area contributed by atoms with Gasteiger partial charge in [-0.3, -0.25) is 14.6 Å². The summed E-state index contributed by atoms with van der Waals surface area (Å²) in [5, 5.41) is 13.6. The second-order valence-electron chi connectivity index (χ2n) is 9.65. The van der Waals surface area contributed by atoms with Crippen molar-refractivity contribution in [2.75, 3.05) is 47.0 Å². The van der Waals surface area contributed by atoms with Crippen LogP contribution < -0.4 is 10.3 Å². The molecule has 2 aromatic heterocycles. The second-order valence-corrected chi connectivity index (χ2v) is 9.65. The molecule has 5 rings (SSSR count). The molecule has 2 aromatic carbocycles. The number of aromatic nitrogens is 5. The van der Waals surface area contributed by atoms with Crippen molar-refractivity contribution in [3.63, 3.8) is 0 Å². The molecule has 1 atom stereocenters. The van der Waals surface area contributed by atoms with Crippen LogP contribution in [0.4, 0.5) is 0 Å². The number of nitrogens with zero attached hydrogens (tertiary/aromatic N) is 6. The molecule has 4 aromatic rings. The SMILES string of the molecule is CCc1ccc2[nH]c(=O)c([C@H](c3nnnn3CCOC)N3CCN(Cc4cccc(OC)c4)CC3)cc2c1. The van der Waals surface area contributed by atoms with Gasteiger partial charge in [0.2, 0.25) is 0 Å². The van der Waals surface area contributed by atoms with Gasteiger partial charge in [0.1, 0.15) is 11.8 Å². The molecule has 1 saturated heterocycles. The Morgan fingerprint density at radius 1 is 1.03 bits per heavy atom. The highest BCUT2D eigenvalue weighted by Gasteiger charge is 2.32. The lowest BCUT2D eigenvalue weighted by atomic mass is 10.0. The Bertz CT molecular complexity index is 1430. The lowest BCUT2D eigenvalue weighted by molar-refractivity contribution is 0.0984. The molecule has 0 amide bonds. The highest BCUT2D eigenvalue weighted by molar-refractivity contribution is 5.80. The number of pyridine rings is 1. The number of tetrazole rings is 1. The van der Waals surface area contributed by atoms with Crippen LogP contribution in [0, 0.1) is 0 Å². The molecule has 200 valence electrons. The quantitative estimate of drug-likeness (QED) is 0.343. The van der Waals surface area contributed by atoms with Crippen LogP contribution >= 0.6 is 0 Å². The van der Waals surface area contributed by atoms with Crippen LogP contribution in [-0.2, 0) is 24.2 Å². The predicted octanol–water partition coefficient (Wildman–Crippen LogP) is 2.64. The fourth-order valence-electron chi connectivity index (χ4n) is 5.15. The topological polar surface area (TPSA) is 101 Å². The van der Waals surface area contributed by atoms with Crippen LogP contribution in [0.15, 0.2) is 53.3 Å². The highest BCUT2D eigenvalue weighted by Crippen LogP contribution is 2.28. The van der Waals surface area contributed by atoms with Crippen molar-refractivity contribution in [2.45, 2.75) is 32.5 Å². The number of hydrogen-bond acceptors (Lipinski definition) is 8. The molecule has 1 N–H and O–H groups in total. The molecule has 1 aliphatic rings. The first-order valence-electron chi connectivity index (χ1n) is 13.1. The lowest BCUT2D eigenvalue weighted by Crippen LogP contribution is -2.48. The molecular weight excluding hydrogens is 482 g/mol. The highest BCUT2D eigenvalue weighted by atomic mass is 16.5. The Hall–Kier alpha value is -3.60. The van der Waals surface area contributed by atoms with Gasteiger partial charge in [-0.25, -0.2) is 4.68 Å². The molecule has 1 aliphatic heterocycles. The summed E-state index contributed by atoms with van der Waals surface area (Å²) in [6.07, 6.45) is 0.929. The van der Waals surface area contributed by atoms with E-state index in [1.54, 1.807) is 18.9 Å². The zero-order valence-corrected chi connectivity index (χ0v) is 22.3. The first kappa shape index (κ1) is 26.0. The summed E-state index contributed by atoms with van der Waals surface area (Å²) >= 11 is 0. The van der Waals surface area contributed by atoms with Crippen molar-refractivity contribution in [3.8, 4) is 5.75 Å². The summed E-state index contributed by atoms with van der Waals surface area (Å²) in [5.74, 6) is 1.52. The van der Waals surface area contributed by atoms with Crippen LogP contribution in [0.2, 0.25) is 0 Å². The maximum absolute atomic E-state index is 13.5. The number of fused-ring (bicyclic) bond motifs is 1. The van der Waals surface area contributed by atoms with Crippen LogP contribution in [0.3, 0.4) is 0 Å². The third-order valence-electron chi connectivity index (χ3n) is 7.26. The van der Waals surface area contributed by atoms with Crippen molar-refractivity contribution in [3.05, 3.63) is 81.4 Å². The average Bonchev–Trinajstić information content (AvgIpc) is 3.41. The van der Waals surface area contributed by atoms with Gasteiger partial charge in [-0.15, -0.1) is 5.10 Å². The second kappa shape index (κ2) is 11.8. The Balaban J connectivity index is 1.45. The fourth-order valence-corrected chi connectivity index (χ4v) is 5.15. The zero-order valence-electron chi connectivity index (χ0n) is 22.3. The van der Waals surface area contributed by atoms with E-state index in [-0.39, 0.29) is 11.6 Å². The van der Waals surface area contributed by atoms with E-state index in [1.807, 2.05) is 24.3 Å². The minimum Gasteiger partial charge on any atom is -0.497 e. The van der Waals surface area contributed by atoms with E-state index in [4.69, 9.17) is 9.47 Å². The third-order valence-corrected chi connectivity index (χ3v) is 7.26. The van der Waals surface area contributed by atoms with Crippen molar-refractivity contribution in [2.24, 2.45) is 0 Å². The number of nitrogens with one attached hydrogen (secondary N) is 1. The van der Waals surface area contributed by atoms with Crippen molar-refractivity contribution in [1.82, 2.24) is 35.0 Å². The van der Waals surface area contributed by atoms with Gasteiger partial charge in [0, 0.05) is 50.9 Å². The molecule has 0 aliphatic carbocycles. The molecular formula is C28H35N7O3. The first-order valence-corrected chi connectivity index (χ1v) is 13.1. The Morgan fingerprint density at radius 2 is 1.87 bits per heavy atom. The summed E-state index contributed by atoms with van der Waals surface area (Å²) in [5.41, 5.74) is 3.81. The molecule has 0 bridgehead atoms. The van der Waals surface area contributed by atoms with Crippen LogP contribution in [0.1, 0.15) is 35.5 Å². The minimum atomic E-state index is -0.376. The molecule has 3 heterocycles. The number of benzene rings is 2. The number of methoxy groups -OCH3 is 2. The minimum absolute atomic E-state index is 0.119. The van der Waals surface area contributed by atoms with Crippen molar-refractivity contribution in [1.29, 1.82) is 0 Å². The molecule has 0 unspecified atom stereocenters. The Kier molecular flexibility index (Phi) is 8.11. The van der Waals surface area contributed by atoms with E-state index < -0.39 is 0 Å². The number of aryl methyl sites for hydroxylation is 1. The van der Waals surface area contributed by atoms with E-state index in [1.165, 1.54) is 11.1 Å². The van der Waals surface area contributed by atoms with E-state index in [0.29, 0.717) is 24.5 Å². The van der Waals surface area contributed by atoms with Crippen molar-refractivity contribution >= 4 is 10.9 Å². The fraction of sp³-hybridized carbons (Fsp3) is 0.429. The summed E-state index contributed by atoms with van der Waals surface area (Å²) < 4.78 is 12.4. The Labute approximate surface area is 222 Å². The number of H-pyrrole nitrogens is 1. The summed E-state index contributed by atoms with van der Waals surface area (Å²) in [7, 11) is 3.35. The first-order chi connectivity index (χ1) is 18.6. The maximum Gasteiger partial charge on any atom is 0.253 e. The van der Waals surface area contributed by atoms with Gasteiger partial charge in [0.15, 0.2) is 5.82 Å². The van der Waals surface area contributed by atoms with Crippen LogP contribution in [0.25, 0.3) is 10.9 Å². The lowest BCUT2D eigenvalue weighted by Gasteiger charge is -2.38. The van der Waals surface area contributed by atoms with E-state index >= 15 is 0 Å². The number of hydrogen-bond donors (Lipinski definition) is 1. The smallest absolute Gasteiger partial charge is 0.253 e. The summed E-state index contributed by atoms with van der Waals surface area (Å²) in [6, 6.07) is 16.0. The van der Waals surface area contributed by atoms with E-state index in [9.17, 15) is 4.79 Å². The van der Waals surface area contributed by atoms with Crippen LogP contribution in [-0.4, -0.2) is 82.0 Å². The van der Waals surface area contributed by atoms with E-state index in [0.717, 1.165) is 55.8 Å². The average molecular weight is 518 g/mol. The standard InChI is InChI=1S/C28H35N7O3/c1-4-20-8-9-25-22(16-20)18-24(28(36)29-25)26(27-30-31-32-35(27)14-15-37-2)34-12-10-33(11-13-34)19-21-6-5-7-23(17-21)38-3/h5-9,16-18,26H,4,10-15,19H2,1-3H3,(H,29,36)/t26-/m1/s1. The van der Waals surface area contributed by atoms with Gasteiger partial charge in [-0.1, -0.05) is 25.1 Å². The molecule has 0 saturated carbocycles. The largest absolute Gasteiger partial charge is 0.497 e. The number of aromatic amines is 1. The third kappa shape index (κ3) is 5.62. The van der Waals surface area contributed by atoms with Crippen LogP contribution in [0.5, 0.6) is 5.75 Å². The summed E-state index contributed by atoms with van der Waals surface area (Å²) in [6.45, 7) is 7.24. The van der Waals surface area contributed by atoms with Gasteiger partial charge in [-0.05, 0) is 63.7 Å². The summed E-state index contributed by atoms with van der Waals surface area (Å²) in [4.78, 5) is 21.3. The molecule has 0 spiro atoms.